The Balaban J connectivity index is 0.00000180. The third-order valence-electron chi connectivity index (χ3n) is 3.14. The van der Waals surface area contributed by atoms with E-state index in [2.05, 4.69) is 48.7 Å². The lowest BCUT2D eigenvalue weighted by molar-refractivity contribution is 0.200. The Kier molecular flexibility index (Phi) is 9.38. The first-order valence-electron chi connectivity index (χ1n) is 5.88. The van der Waals surface area contributed by atoms with Crippen LogP contribution in [0.15, 0.2) is 33.7 Å². The van der Waals surface area contributed by atoms with Crippen LogP contribution in [0.1, 0.15) is 11.6 Å². The van der Waals surface area contributed by atoms with Gasteiger partial charge >= 0.3 is 0 Å². The van der Waals surface area contributed by atoms with Gasteiger partial charge in [0.25, 0.3) is 0 Å². The second-order valence-electron chi connectivity index (χ2n) is 4.29. The highest BCUT2D eigenvalue weighted by molar-refractivity contribution is 9.11. The molecule has 2 rings (SSSR count). The molecule has 20 heavy (non-hydrogen) atoms. The number of piperazine rings is 1. The predicted molar refractivity (Wildman–Crippen MR) is 95.4 cm³/mol. The van der Waals surface area contributed by atoms with Crippen LogP contribution in [0.3, 0.4) is 0 Å². The molecule has 0 radical (unpaired) electrons. The van der Waals surface area contributed by atoms with Gasteiger partial charge in [-0.25, -0.2) is 0 Å². The van der Waals surface area contributed by atoms with E-state index in [9.17, 15) is 5.11 Å². The van der Waals surface area contributed by atoms with Crippen LogP contribution in [0.5, 0.6) is 5.75 Å². The minimum absolute atomic E-state index is 0. The number of phenols is 1. The maximum atomic E-state index is 10.2. The van der Waals surface area contributed by atoms with Crippen LogP contribution < -0.4 is 5.32 Å². The van der Waals surface area contributed by atoms with Crippen molar-refractivity contribution in [1.29, 1.82) is 0 Å². The molecule has 0 saturated carbocycles. The SMILES string of the molecule is C=C[C@@H](c1c(O)cc(Br)cc1Br)N1CCNCC1.Cl.Cl. The first-order valence-corrected chi connectivity index (χ1v) is 7.47. The van der Waals surface area contributed by atoms with Gasteiger partial charge in [0.2, 0.25) is 0 Å². The van der Waals surface area contributed by atoms with Crippen molar-refractivity contribution in [3.63, 3.8) is 0 Å². The molecule has 0 bridgehead atoms. The van der Waals surface area contributed by atoms with Gasteiger partial charge in [-0.05, 0) is 12.1 Å². The quantitative estimate of drug-likeness (QED) is 0.688. The number of halogens is 4. The molecule has 1 fully saturated rings. The lowest BCUT2D eigenvalue weighted by Crippen LogP contribution is -2.44. The summed E-state index contributed by atoms with van der Waals surface area (Å²) in [6.07, 6.45) is 1.89. The Morgan fingerprint density at radius 3 is 2.35 bits per heavy atom. The van der Waals surface area contributed by atoms with Crippen molar-refractivity contribution in [2.45, 2.75) is 6.04 Å². The van der Waals surface area contributed by atoms with Gasteiger partial charge in [0.15, 0.2) is 0 Å². The summed E-state index contributed by atoms with van der Waals surface area (Å²) in [6.45, 7) is 7.77. The van der Waals surface area contributed by atoms with Crippen LogP contribution in [-0.2, 0) is 0 Å². The van der Waals surface area contributed by atoms with Gasteiger partial charge in [-0.1, -0.05) is 37.9 Å². The van der Waals surface area contributed by atoms with Crippen LogP contribution in [0, 0.1) is 0 Å². The van der Waals surface area contributed by atoms with Gasteiger partial charge in [-0.15, -0.1) is 31.4 Å². The molecule has 1 aromatic carbocycles. The zero-order chi connectivity index (χ0) is 13.1. The normalized spacial score (nSPS) is 16.7. The predicted octanol–water partition coefficient (Wildman–Crippen LogP) is 3.89. The fourth-order valence-corrected chi connectivity index (χ4v) is 3.71. The molecule has 0 aliphatic carbocycles. The van der Waals surface area contributed by atoms with E-state index in [4.69, 9.17) is 0 Å². The van der Waals surface area contributed by atoms with Gasteiger partial charge in [0.05, 0.1) is 6.04 Å². The number of hydrogen-bond donors (Lipinski definition) is 2. The second kappa shape index (κ2) is 9.28. The molecule has 1 aromatic rings. The Hall–Kier alpha value is 0.220. The molecule has 1 aliphatic heterocycles. The summed E-state index contributed by atoms with van der Waals surface area (Å²) in [5.74, 6) is 0.291. The van der Waals surface area contributed by atoms with Crippen molar-refractivity contribution >= 4 is 56.7 Å². The fourth-order valence-electron chi connectivity index (χ4n) is 2.27. The zero-order valence-electron chi connectivity index (χ0n) is 10.8. The van der Waals surface area contributed by atoms with E-state index in [1.807, 2.05) is 12.1 Å². The molecule has 7 heteroatoms. The number of benzene rings is 1. The topological polar surface area (TPSA) is 35.5 Å². The number of aromatic hydroxyl groups is 1. The average Bonchev–Trinajstić information content (AvgIpc) is 2.34. The van der Waals surface area contributed by atoms with Crippen molar-refractivity contribution in [2.24, 2.45) is 0 Å². The number of nitrogens with one attached hydrogen (secondary N) is 1. The number of rotatable bonds is 3. The minimum Gasteiger partial charge on any atom is -0.508 e. The molecule has 1 heterocycles. The Morgan fingerprint density at radius 1 is 1.25 bits per heavy atom. The molecule has 0 aromatic heterocycles. The largest absolute Gasteiger partial charge is 0.508 e. The summed E-state index contributed by atoms with van der Waals surface area (Å²) >= 11 is 6.90. The molecule has 0 unspecified atom stereocenters. The summed E-state index contributed by atoms with van der Waals surface area (Å²) in [4.78, 5) is 2.32. The van der Waals surface area contributed by atoms with E-state index in [0.717, 1.165) is 40.7 Å². The Bertz CT molecular complexity index is 431. The molecule has 1 aliphatic rings. The van der Waals surface area contributed by atoms with Crippen molar-refractivity contribution in [3.05, 3.63) is 39.3 Å². The van der Waals surface area contributed by atoms with Crippen LogP contribution in [0.25, 0.3) is 0 Å². The summed E-state index contributed by atoms with van der Waals surface area (Å²) in [5.41, 5.74) is 0.884. The van der Waals surface area contributed by atoms with Crippen LogP contribution in [0.2, 0.25) is 0 Å². The summed E-state index contributed by atoms with van der Waals surface area (Å²) < 4.78 is 1.76. The summed E-state index contributed by atoms with van der Waals surface area (Å²) in [5, 5.41) is 13.5. The molecular formula is C13H18Br2Cl2N2O. The van der Waals surface area contributed by atoms with Gasteiger partial charge in [-0.2, -0.15) is 0 Å². The van der Waals surface area contributed by atoms with Gasteiger partial charge < -0.3 is 10.4 Å². The maximum Gasteiger partial charge on any atom is 0.122 e. The van der Waals surface area contributed by atoms with E-state index in [1.54, 1.807) is 6.07 Å². The molecule has 2 N–H and O–H groups in total. The van der Waals surface area contributed by atoms with E-state index in [-0.39, 0.29) is 30.9 Å². The lowest BCUT2D eigenvalue weighted by Gasteiger charge is -2.34. The molecule has 0 spiro atoms. The van der Waals surface area contributed by atoms with Crippen molar-refractivity contribution < 1.29 is 5.11 Å². The smallest absolute Gasteiger partial charge is 0.122 e. The van der Waals surface area contributed by atoms with Crippen LogP contribution in [-0.4, -0.2) is 36.2 Å². The Morgan fingerprint density at radius 2 is 1.85 bits per heavy atom. The fraction of sp³-hybridized carbons (Fsp3) is 0.385. The van der Waals surface area contributed by atoms with E-state index < -0.39 is 0 Å². The minimum atomic E-state index is 0. The Labute approximate surface area is 148 Å². The molecule has 0 amide bonds. The van der Waals surface area contributed by atoms with Gasteiger partial charge in [-0.3, -0.25) is 4.90 Å². The van der Waals surface area contributed by atoms with Gasteiger partial charge in [0, 0.05) is 40.7 Å². The van der Waals surface area contributed by atoms with Crippen molar-refractivity contribution in [2.75, 3.05) is 26.2 Å². The highest BCUT2D eigenvalue weighted by Crippen LogP contribution is 2.38. The molecular weight excluding hydrogens is 431 g/mol. The van der Waals surface area contributed by atoms with Crippen LogP contribution in [0.4, 0.5) is 0 Å². The van der Waals surface area contributed by atoms with E-state index in [1.165, 1.54) is 0 Å². The van der Waals surface area contributed by atoms with Crippen molar-refractivity contribution in [1.82, 2.24) is 10.2 Å². The number of phenolic OH excluding ortho intramolecular Hbond substituents is 1. The molecule has 1 atom stereocenters. The average molecular weight is 449 g/mol. The molecule has 3 nitrogen and oxygen atoms in total. The first kappa shape index (κ1) is 20.2. The highest BCUT2D eigenvalue weighted by Gasteiger charge is 2.24. The van der Waals surface area contributed by atoms with Crippen molar-refractivity contribution in [3.8, 4) is 5.75 Å². The van der Waals surface area contributed by atoms with Crippen LogP contribution >= 0.6 is 56.7 Å². The summed E-state index contributed by atoms with van der Waals surface area (Å²) in [7, 11) is 0. The third-order valence-corrected chi connectivity index (χ3v) is 4.25. The first-order chi connectivity index (χ1) is 8.63. The summed E-state index contributed by atoms with van der Waals surface area (Å²) in [6, 6.07) is 3.71. The van der Waals surface area contributed by atoms with E-state index >= 15 is 0 Å². The van der Waals surface area contributed by atoms with E-state index in [0.29, 0.717) is 5.75 Å². The number of nitrogens with zero attached hydrogens (tertiary/aromatic N) is 1. The monoisotopic (exact) mass is 446 g/mol. The molecule has 1 saturated heterocycles. The standard InChI is InChI=1S/C13H16Br2N2O.2ClH/c1-2-11(17-5-3-16-4-6-17)13-10(15)7-9(14)8-12(13)18;;/h2,7-8,11,16,18H,1,3-6H2;2*1H/t11-;;/m0../s1. The lowest BCUT2D eigenvalue weighted by atomic mass is 10.0. The maximum absolute atomic E-state index is 10.2. The highest BCUT2D eigenvalue weighted by atomic mass is 79.9. The van der Waals surface area contributed by atoms with Gasteiger partial charge in [0.1, 0.15) is 5.75 Å². The second-order valence-corrected chi connectivity index (χ2v) is 6.06. The number of hydrogen-bond acceptors (Lipinski definition) is 3. The third kappa shape index (κ3) is 4.61. The molecule has 114 valence electrons. The zero-order valence-corrected chi connectivity index (χ0v) is 15.6.